The van der Waals surface area contributed by atoms with Crippen LogP contribution in [0.15, 0.2) is 60.4 Å². The molecule has 0 radical (unpaired) electrons. The number of carbonyl (C=O) groups excluding carboxylic acids is 3. The number of para-hydroxylation sites is 1. The average molecular weight is 407 g/mol. The van der Waals surface area contributed by atoms with Gasteiger partial charge in [0.25, 0.3) is 5.91 Å². The van der Waals surface area contributed by atoms with Crippen LogP contribution in [0.4, 0.5) is 9.18 Å². The lowest BCUT2D eigenvalue weighted by molar-refractivity contribution is -0.141. The van der Waals surface area contributed by atoms with E-state index in [4.69, 9.17) is 4.74 Å². The molecule has 8 heteroatoms. The number of halogens is 1. The number of aromatic nitrogens is 1. The molecule has 0 spiro atoms. The number of nitrogens with one attached hydrogen (secondary N) is 1. The third-order valence-electron chi connectivity index (χ3n) is 4.89. The average Bonchev–Trinajstić information content (AvgIpc) is 3.22. The summed E-state index contributed by atoms with van der Waals surface area (Å²) in [5, 5.41) is 3.35. The number of imide groups is 1. The molecular formula is C22H18FN3O4. The first-order valence-electron chi connectivity index (χ1n) is 9.20. The monoisotopic (exact) mass is 407 g/mol. The SMILES string of the molecule is COC(=O)Cn1cc(C=C2NC(=O)N(Cc3ccccc3F)C2=O)c2ccccc21. The van der Waals surface area contributed by atoms with E-state index >= 15 is 0 Å². The Kier molecular flexibility index (Phi) is 5.05. The van der Waals surface area contributed by atoms with Gasteiger partial charge in [-0.1, -0.05) is 36.4 Å². The number of urea groups is 1. The second-order valence-corrected chi connectivity index (χ2v) is 6.78. The van der Waals surface area contributed by atoms with Gasteiger partial charge in [0.2, 0.25) is 0 Å². The standard InChI is InChI=1S/C22H18FN3O4/c1-30-20(27)13-25-11-15(16-7-3-5-9-19(16)25)10-18-21(28)26(22(29)24-18)12-14-6-2-4-8-17(14)23/h2-11H,12-13H2,1H3,(H,24,29). The van der Waals surface area contributed by atoms with Gasteiger partial charge in [-0.25, -0.2) is 9.18 Å². The summed E-state index contributed by atoms with van der Waals surface area (Å²) in [7, 11) is 1.31. The molecule has 0 saturated carbocycles. The number of amides is 3. The molecule has 0 bridgehead atoms. The van der Waals surface area contributed by atoms with Crippen molar-refractivity contribution >= 4 is 34.9 Å². The van der Waals surface area contributed by atoms with Crippen molar-refractivity contribution in [2.75, 3.05) is 7.11 Å². The highest BCUT2D eigenvalue weighted by Gasteiger charge is 2.34. The maximum absolute atomic E-state index is 13.9. The van der Waals surface area contributed by atoms with Crippen LogP contribution < -0.4 is 5.32 Å². The van der Waals surface area contributed by atoms with Gasteiger partial charge in [0.05, 0.1) is 13.7 Å². The minimum Gasteiger partial charge on any atom is -0.468 e. The summed E-state index contributed by atoms with van der Waals surface area (Å²) in [6.45, 7) is -0.154. The van der Waals surface area contributed by atoms with E-state index in [9.17, 15) is 18.8 Å². The van der Waals surface area contributed by atoms with Crippen molar-refractivity contribution in [3.8, 4) is 0 Å². The maximum atomic E-state index is 13.9. The second-order valence-electron chi connectivity index (χ2n) is 6.78. The second kappa shape index (κ2) is 7.82. The van der Waals surface area contributed by atoms with E-state index in [1.807, 2.05) is 24.3 Å². The highest BCUT2D eigenvalue weighted by Crippen LogP contribution is 2.25. The van der Waals surface area contributed by atoms with Gasteiger partial charge in [0, 0.05) is 28.2 Å². The predicted molar refractivity (Wildman–Crippen MR) is 107 cm³/mol. The fraction of sp³-hybridized carbons (Fsp3) is 0.136. The first-order valence-corrected chi connectivity index (χ1v) is 9.20. The van der Waals surface area contributed by atoms with Crippen molar-refractivity contribution in [1.82, 2.24) is 14.8 Å². The van der Waals surface area contributed by atoms with Crippen molar-refractivity contribution in [3.63, 3.8) is 0 Å². The van der Waals surface area contributed by atoms with Crippen molar-refractivity contribution in [3.05, 3.63) is 77.4 Å². The molecule has 7 nitrogen and oxygen atoms in total. The Morgan fingerprint density at radius 3 is 2.63 bits per heavy atom. The molecule has 3 amide bonds. The zero-order valence-electron chi connectivity index (χ0n) is 16.1. The van der Waals surface area contributed by atoms with Crippen LogP contribution in [0.25, 0.3) is 17.0 Å². The van der Waals surface area contributed by atoms with Gasteiger partial charge in [-0.15, -0.1) is 0 Å². The van der Waals surface area contributed by atoms with Gasteiger partial charge in [-0.2, -0.15) is 0 Å². The highest BCUT2D eigenvalue weighted by atomic mass is 19.1. The molecule has 3 aromatic rings. The summed E-state index contributed by atoms with van der Waals surface area (Å²) >= 11 is 0. The van der Waals surface area contributed by atoms with E-state index < -0.39 is 23.7 Å². The molecule has 152 valence electrons. The Balaban J connectivity index is 1.66. The van der Waals surface area contributed by atoms with Crippen LogP contribution in [0, 0.1) is 5.82 Å². The number of rotatable bonds is 5. The molecule has 1 fully saturated rings. The number of esters is 1. The van der Waals surface area contributed by atoms with Crippen LogP contribution in [0.2, 0.25) is 0 Å². The minimum absolute atomic E-state index is 0.0138. The summed E-state index contributed by atoms with van der Waals surface area (Å²) in [6, 6.07) is 12.8. The van der Waals surface area contributed by atoms with Gasteiger partial charge in [-0.05, 0) is 18.2 Å². The molecule has 0 aliphatic carbocycles. The van der Waals surface area contributed by atoms with E-state index in [1.165, 1.54) is 19.2 Å². The molecule has 1 aromatic heterocycles. The molecule has 1 saturated heterocycles. The summed E-state index contributed by atoms with van der Waals surface area (Å²) in [6.07, 6.45) is 3.27. The summed E-state index contributed by atoms with van der Waals surface area (Å²) < 4.78 is 20.4. The number of ether oxygens (including phenoxy) is 1. The maximum Gasteiger partial charge on any atom is 0.329 e. The zero-order valence-corrected chi connectivity index (χ0v) is 16.1. The summed E-state index contributed by atoms with van der Waals surface area (Å²) in [5.41, 5.74) is 1.77. The summed E-state index contributed by atoms with van der Waals surface area (Å²) in [4.78, 5) is 37.8. The lowest BCUT2D eigenvalue weighted by Crippen LogP contribution is -2.30. The quantitative estimate of drug-likeness (QED) is 0.401. The van der Waals surface area contributed by atoms with Crippen LogP contribution in [0.1, 0.15) is 11.1 Å². The Morgan fingerprint density at radius 2 is 1.87 bits per heavy atom. The lowest BCUT2D eigenvalue weighted by atomic mass is 10.1. The minimum atomic E-state index is -0.618. The number of hydrogen-bond donors (Lipinski definition) is 1. The fourth-order valence-electron chi connectivity index (χ4n) is 3.39. The van der Waals surface area contributed by atoms with Crippen LogP contribution in [-0.2, 0) is 27.4 Å². The van der Waals surface area contributed by atoms with Crippen LogP contribution in [0.3, 0.4) is 0 Å². The fourth-order valence-corrected chi connectivity index (χ4v) is 3.39. The summed E-state index contributed by atoms with van der Waals surface area (Å²) in [5.74, 6) is -1.44. The van der Waals surface area contributed by atoms with Crippen molar-refractivity contribution in [1.29, 1.82) is 0 Å². The third kappa shape index (κ3) is 3.55. The number of fused-ring (bicyclic) bond motifs is 1. The van der Waals surface area contributed by atoms with Crippen molar-refractivity contribution in [2.24, 2.45) is 0 Å². The molecular weight excluding hydrogens is 389 g/mol. The third-order valence-corrected chi connectivity index (χ3v) is 4.89. The molecule has 0 atom stereocenters. The first kappa shape index (κ1) is 19.4. The van der Waals surface area contributed by atoms with Crippen molar-refractivity contribution < 1.29 is 23.5 Å². The van der Waals surface area contributed by atoms with E-state index in [2.05, 4.69) is 5.32 Å². The normalized spacial score (nSPS) is 15.1. The molecule has 1 aliphatic rings. The predicted octanol–water partition coefficient (Wildman–Crippen LogP) is 3.05. The number of hydrogen-bond acceptors (Lipinski definition) is 4. The van der Waals surface area contributed by atoms with E-state index in [1.54, 1.807) is 29.0 Å². The number of benzene rings is 2. The van der Waals surface area contributed by atoms with Gasteiger partial charge < -0.3 is 14.6 Å². The molecule has 2 heterocycles. The number of carbonyl (C=O) groups is 3. The van der Waals surface area contributed by atoms with Gasteiger partial charge in [-0.3, -0.25) is 14.5 Å². The Morgan fingerprint density at radius 1 is 1.13 bits per heavy atom. The topological polar surface area (TPSA) is 80.6 Å². The zero-order chi connectivity index (χ0) is 21.3. The van der Waals surface area contributed by atoms with E-state index in [0.29, 0.717) is 5.56 Å². The van der Waals surface area contributed by atoms with Gasteiger partial charge in [0.1, 0.15) is 18.1 Å². The highest BCUT2D eigenvalue weighted by molar-refractivity contribution is 6.14. The first-order chi connectivity index (χ1) is 14.5. The molecule has 4 rings (SSSR count). The number of methoxy groups -OCH3 is 1. The Bertz CT molecular complexity index is 1200. The van der Waals surface area contributed by atoms with Crippen LogP contribution in [-0.4, -0.2) is 34.5 Å². The van der Waals surface area contributed by atoms with Crippen molar-refractivity contribution in [2.45, 2.75) is 13.1 Å². The lowest BCUT2D eigenvalue weighted by Gasteiger charge is -2.12. The Labute approximate surface area is 171 Å². The molecule has 30 heavy (non-hydrogen) atoms. The van der Waals surface area contributed by atoms with Gasteiger partial charge in [0.15, 0.2) is 0 Å². The van der Waals surface area contributed by atoms with Crippen LogP contribution >= 0.6 is 0 Å². The molecule has 2 aromatic carbocycles. The molecule has 0 unspecified atom stereocenters. The van der Waals surface area contributed by atoms with Gasteiger partial charge >= 0.3 is 12.0 Å². The molecule has 1 aliphatic heterocycles. The van der Waals surface area contributed by atoms with Crippen LogP contribution in [0.5, 0.6) is 0 Å². The Hall–Kier alpha value is -3.94. The van der Waals surface area contributed by atoms with E-state index in [0.717, 1.165) is 15.8 Å². The largest absolute Gasteiger partial charge is 0.468 e. The smallest absolute Gasteiger partial charge is 0.329 e. The number of nitrogens with zero attached hydrogens (tertiary/aromatic N) is 2. The van der Waals surface area contributed by atoms with E-state index in [-0.39, 0.29) is 24.4 Å². The molecule has 1 N–H and O–H groups in total.